The molecular weight excluding hydrogens is 349 g/mol. The predicted molar refractivity (Wildman–Crippen MR) is 85.0 cm³/mol. The first kappa shape index (κ1) is 17.1. The molecule has 2 aromatic rings. The van der Waals surface area contributed by atoms with Gasteiger partial charge >= 0.3 is 0 Å². The first-order chi connectivity index (χ1) is 10.5. The molecule has 1 N–H and O–H groups in total. The lowest BCUT2D eigenvalue weighted by atomic mass is 10.3. The Morgan fingerprint density at radius 1 is 1.32 bits per heavy atom. The number of aryl methyl sites for hydroxylation is 1. The largest absolute Gasteiger partial charge is 0.495 e. The van der Waals surface area contributed by atoms with E-state index in [0.29, 0.717) is 18.7 Å². The van der Waals surface area contributed by atoms with Crippen LogP contribution >= 0.6 is 23.2 Å². The van der Waals surface area contributed by atoms with Crippen LogP contribution in [0.3, 0.4) is 0 Å². The topological polar surface area (TPSA) is 73.2 Å². The number of nitrogens with one attached hydrogen (secondary N) is 1. The zero-order valence-corrected chi connectivity index (χ0v) is 14.1. The number of imidazole rings is 1. The van der Waals surface area contributed by atoms with Crippen LogP contribution in [0.5, 0.6) is 5.75 Å². The summed E-state index contributed by atoms with van der Waals surface area (Å²) in [4.78, 5) is 3.85. The van der Waals surface area contributed by atoms with Crippen molar-refractivity contribution < 1.29 is 13.2 Å². The predicted octanol–water partition coefficient (Wildman–Crippen LogP) is 2.57. The lowest BCUT2D eigenvalue weighted by Crippen LogP contribution is -2.25. The van der Waals surface area contributed by atoms with E-state index in [1.165, 1.54) is 19.2 Å². The average molecular weight is 364 g/mol. The minimum atomic E-state index is -3.73. The van der Waals surface area contributed by atoms with Gasteiger partial charge in [0.1, 0.15) is 15.7 Å². The molecule has 0 unspecified atom stereocenters. The van der Waals surface area contributed by atoms with E-state index in [4.69, 9.17) is 27.9 Å². The highest BCUT2D eigenvalue weighted by Crippen LogP contribution is 2.36. The van der Waals surface area contributed by atoms with E-state index in [2.05, 4.69) is 9.71 Å². The standard InChI is InChI=1S/C13H15Cl2N3O3S/c1-21-10-3-4-11(13(15)12(10)14)22(19,20)17-5-2-7-18-8-6-16-9-18/h3-4,6,8-9,17H,2,5,7H2,1H3. The molecule has 0 atom stereocenters. The van der Waals surface area contributed by atoms with Crippen molar-refractivity contribution >= 4 is 33.2 Å². The van der Waals surface area contributed by atoms with Gasteiger partial charge in [-0.05, 0) is 18.6 Å². The van der Waals surface area contributed by atoms with Crippen molar-refractivity contribution in [2.75, 3.05) is 13.7 Å². The maximum Gasteiger partial charge on any atom is 0.242 e. The van der Waals surface area contributed by atoms with Gasteiger partial charge in [-0.3, -0.25) is 0 Å². The lowest BCUT2D eigenvalue weighted by molar-refractivity contribution is 0.414. The van der Waals surface area contributed by atoms with Crippen LogP contribution < -0.4 is 9.46 Å². The molecule has 1 aromatic carbocycles. The molecule has 0 aliphatic carbocycles. The molecule has 0 spiro atoms. The van der Waals surface area contributed by atoms with Gasteiger partial charge in [0.25, 0.3) is 0 Å². The molecule has 0 fully saturated rings. The summed E-state index contributed by atoms with van der Waals surface area (Å²) in [7, 11) is -2.30. The molecule has 120 valence electrons. The summed E-state index contributed by atoms with van der Waals surface area (Å²) in [5.41, 5.74) is 0. The van der Waals surface area contributed by atoms with Crippen molar-refractivity contribution in [1.29, 1.82) is 0 Å². The molecule has 0 saturated heterocycles. The fourth-order valence-corrected chi connectivity index (χ4v) is 3.76. The average Bonchev–Trinajstić information content (AvgIpc) is 2.99. The van der Waals surface area contributed by atoms with E-state index in [9.17, 15) is 8.42 Å². The molecule has 0 radical (unpaired) electrons. The van der Waals surface area contributed by atoms with Gasteiger partial charge in [-0.15, -0.1) is 0 Å². The number of benzene rings is 1. The van der Waals surface area contributed by atoms with Gasteiger partial charge in [-0.1, -0.05) is 23.2 Å². The third kappa shape index (κ3) is 3.92. The van der Waals surface area contributed by atoms with Crippen LogP contribution in [0.15, 0.2) is 35.7 Å². The molecule has 0 aliphatic heterocycles. The second kappa shape index (κ2) is 7.32. The van der Waals surface area contributed by atoms with Crippen LogP contribution in [-0.2, 0) is 16.6 Å². The van der Waals surface area contributed by atoms with E-state index in [1.54, 1.807) is 12.5 Å². The summed E-state index contributed by atoms with van der Waals surface area (Å²) >= 11 is 12.0. The second-order valence-corrected chi connectivity index (χ2v) is 6.94. The molecule has 0 aliphatic rings. The highest BCUT2D eigenvalue weighted by atomic mass is 35.5. The minimum absolute atomic E-state index is 0.0527. The minimum Gasteiger partial charge on any atom is -0.495 e. The van der Waals surface area contributed by atoms with Gasteiger partial charge in [0.2, 0.25) is 10.0 Å². The molecule has 22 heavy (non-hydrogen) atoms. The first-order valence-electron chi connectivity index (χ1n) is 6.43. The molecule has 0 bridgehead atoms. The zero-order chi connectivity index (χ0) is 16.2. The first-order valence-corrected chi connectivity index (χ1v) is 8.67. The van der Waals surface area contributed by atoms with Crippen LogP contribution in [0, 0.1) is 0 Å². The SMILES string of the molecule is COc1ccc(S(=O)(=O)NCCCn2ccnc2)c(Cl)c1Cl. The summed E-state index contributed by atoms with van der Waals surface area (Å²) in [6.07, 6.45) is 5.78. The van der Waals surface area contributed by atoms with E-state index >= 15 is 0 Å². The number of aromatic nitrogens is 2. The number of hydrogen-bond donors (Lipinski definition) is 1. The number of nitrogens with zero attached hydrogens (tertiary/aromatic N) is 2. The van der Waals surface area contributed by atoms with Gasteiger partial charge < -0.3 is 9.30 Å². The monoisotopic (exact) mass is 363 g/mol. The highest BCUT2D eigenvalue weighted by Gasteiger charge is 2.21. The summed E-state index contributed by atoms with van der Waals surface area (Å²) < 4.78 is 33.9. The van der Waals surface area contributed by atoms with Crippen molar-refractivity contribution in [1.82, 2.24) is 14.3 Å². The molecular formula is C13H15Cl2N3O3S. The fraction of sp³-hybridized carbons (Fsp3) is 0.308. The van der Waals surface area contributed by atoms with E-state index in [-0.39, 0.29) is 21.5 Å². The van der Waals surface area contributed by atoms with Crippen LogP contribution in [-0.4, -0.2) is 31.6 Å². The van der Waals surface area contributed by atoms with Crippen LogP contribution in [0.2, 0.25) is 10.0 Å². The summed E-state index contributed by atoms with van der Waals surface area (Å²) in [6, 6.07) is 2.83. The zero-order valence-electron chi connectivity index (χ0n) is 11.8. The number of sulfonamides is 1. The Bertz CT molecular complexity index is 733. The molecule has 9 heteroatoms. The van der Waals surface area contributed by atoms with Gasteiger partial charge in [-0.25, -0.2) is 18.1 Å². The molecule has 6 nitrogen and oxygen atoms in total. The summed E-state index contributed by atoms with van der Waals surface area (Å²) in [6.45, 7) is 0.945. The van der Waals surface area contributed by atoms with Gasteiger partial charge in [0.05, 0.1) is 18.5 Å². The third-order valence-electron chi connectivity index (χ3n) is 2.97. The molecule has 0 saturated carbocycles. The Morgan fingerprint density at radius 3 is 2.73 bits per heavy atom. The van der Waals surface area contributed by atoms with Gasteiger partial charge in [0.15, 0.2) is 0 Å². The number of rotatable bonds is 7. The Balaban J connectivity index is 2.02. The van der Waals surface area contributed by atoms with Crippen LogP contribution in [0.25, 0.3) is 0 Å². The molecule has 1 aromatic heterocycles. The summed E-state index contributed by atoms with van der Waals surface area (Å²) in [5.74, 6) is 0.325. The maximum atomic E-state index is 12.3. The fourth-order valence-electron chi connectivity index (χ4n) is 1.84. The Labute approximate surface area is 139 Å². The number of hydrogen-bond acceptors (Lipinski definition) is 4. The van der Waals surface area contributed by atoms with Crippen LogP contribution in [0.4, 0.5) is 0 Å². The van der Waals surface area contributed by atoms with Crippen molar-refractivity contribution in [3.63, 3.8) is 0 Å². The van der Waals surface area contributed by atoms with Crippen molar-refractivity contribution in [3.05, 3.63) is 40.9 Å². The van der Waals surface area contributed by atoms with Crippen molar-refractivity contribution in [2.45, 2.75) is 17.9 Å². The van der Waals surface area contributed by atoms with Crippen molar-refractivity contribution in [2.24, 2.45) is 0 Å². The van der Waals surface area contributed by atoms with E-state index in [1.807, 2.05) is 10.8 Å². The second-order valence-electron chi connectivity index (χ2n) is 4.45. The quantitative estimate of drug-likeness (QED) is 0.767. The maximum absolute atomic E-state index is 12.3. The lowest BCUT2D eigenvalue weighted by Gasteiger charge is -2.11. The normalized spacial score (nSPS) is 11.6. The smallest absolute Gasteiger partial charge is 0.242 e. The van der Waals surface area contributed by atoms with E-state index < -0.39 is 10.0 Å². The third-order valence-corrected chi connectivity index (χ3v) is 5.45. The van der Waals surface area contributed by atoms with Crippen molar-refractivity contribution in [3.8, 4) is 5.75 Å². The Kier molecular flexibility index (Phi) is 5.69. The molecule has 1 heterocycles. The number of methoxy groups -OCH3 is 1. The Morgan fingerprint density at radius 2 is 2.09 bits per heavy atom. The number of ether oxygens (including phenoxy) is 1. The van der Waals surface area contributed by atoms with Gasteiger partial charge in [-0.2, -0.15) is 0 Å². The van der Waals surface area contributed by atoms with E-state index in [0.717, 1.165) is 0 Å². The van der Waals surface area contributed by atoms with Gasteiger partial charge in [0, 0.05) is 25.5 Å². The molecule has 0 amide bonds. The number of halogens is 2. The summed E-state index contributed by atoms with van der Waals surface area (Å²) in [5, 5.41) is 0.0218. The van der Waals surface area contributed by atoms with Crippen LogP contribution in [0.1, 0.15) is 6.42 Å². The Hall–Kier alpha value is -1.28. The highest BCUT2D eigenvalue weighted by molar-refractivity contribution is 7.89. The molecule has 2 rings (SSSR count).